The van der Waals surface area contributed by atoms with Crippen molar-refractivity contribution in [1.29, 1.82) is 0 Å². The highest BCUT2D eigenvalue weighted by Gasteiger charge is 2.22. The predicted octanol–water partition coefficient (Wildman–Crippen LogP) is 3.03. The van der Waals surface area contributed by atoms with Crippen molar-refractivity contribution in [3.8, 4) is 11.5 Å². The topological polar surface area (TPSA) is 85.6 Å². The molecule has 0 aliphatic carbocycles. The molecule has 1 atom stereocenters. The summed E-state index contributed by atoms with van der Waals surface area (Å²) in [7, 11) is 0. The molecule has 1 aromatic heterocycles. The van der Waals surface area contributed by atoms with E-state index in [2.05, 4.69) is 15.8 Å². The Morgan fingerprint density at radius 3 is 2.96 bits per heavy atom. The molecule has 24 heavy (non-hydrogen) atoms. The SMILES string of the molecule is CCOc1cc2c(cc1CNC(=O)Nc1cc(C)on1)O[C@H](C)C2. The number of fused-ring (bicyclic) bond motifs is 1. The number of aromatic nitrogens is 1. The molecule has 2 aromatic rings. The smallest absolute Gasteiger partial charge is 0.320 e. The fourth-order valence-corrected chi connectivity index (χ4v) is 2.67. The first kappa shape index (κ1) is 16.2. The Labute approximate surface area is 140 Å². The van der Waals surface area contributed by atoms with Gasteiger partial charge in [0.1, 0.15) is 23.4 Å². The molecule has 1 aliphatic heterocycles. The number of nitrogens with zero attached hydrogens (tertiary/aromatic N) is 1. The third-order valence-electron chi connectivity index (χ3n) is 3.69. The van der Waals surface area contributed by atoms with Gasteiger partial charge < -0.3 is 19.3 Å². The van der Waals surface area contributed by atoms with E-state index in [1.807, 2.05) is 26.0 Å². The van der Waals surface area contributed by atoms with Crippen LogP contribution in [0.2, 0.25) is 0 Å². The molecule has 2 amide bonds. The van der Waals surface area contributed by atoms with E-state index in [0.29, 0.717) is 24.7 Å². The number of benzene rings is 1. The van der Waals surface area contributed by atoms with Gasteiger partial charge in [0.05, 0.1) is 6.61 Å². The van der Waals surface area contributed by atoms with E-state index in [9.17, 15) is 4.79 Å². The van der Waals surface area contributed by atoms with Gasteiger partial charge in [0.15, 0.2) is 5.82 Å². The first-order valence-corrected chi connectivity index (χ1v) is 7.98. The van der Waals surface area contributed by atoms with Crippen LogP contribution in [0.25, 0.3) is 0 Å². The monoisotopic (exact) mass is 331 g/mol. The van der Waals surface area contributed by atoms with Crippen LogP contribution in [0.5, 0.6) is 11.5 Å². The lowest BCUT2D eigenvalue weighted by atomic mass is 10.1. The van der Waals surface area contributed by atoms with Crippen LogP contribution in [0, 0.1) is 6.92 Å². The van der Waals surface area contributed by atoms with E-state index in [0.717, 1.165) is 29.0 Å². The number of carbonyl (C=O) groups is 1. The van der Waals surface area contributed by atoms with Gasteiger partial charge in [-0.25, -0.2) is 4.79 Å². The highest BCUT2D eigenvalue weighted by Crippen LogP contribution is 2.35. The second-order valence-electron chi connectivity index (χ2n) is 5.76. The fraction of sp³-hybridized carbons (Fsp3) is 0.412. The Morgan fingerprint density at radius 2 is 2.25 bits per heavy atom. The summed E-state index contributed by atoms with van der Waals surface area (Å²) in [5.74, 6) is 2.64. The van der Waals surface area contributed by atoms with Crippen molar-refractivity contribution in [2.24, 2.45) is 0 Å². The largest absolute Gasteiger partial charge is 0.494 e. The van der Waals surface area contributed by atoms with Gasteiger partial charge >= 0.3 is 6.03 Å². The molecule has 0 bridgehead atoms. The number of urea groups is 1. The maximum Gasteiger partial charge on any atom is 0.320 e. The molecule has 0 saturated carbocycles. The molecule has 7 nitrogen and oxygen atoms in total. The van der Waals surface area contributed by atoms with Crippen LogP contribution < -0.4 is 20.1 Å². The minimum absolute atomic E-state index is 0.163. The molecule has 0 fully saturated rings. The third kappa shape index (κ3) is 3.61. The molecule has 0 saturated heterocycles. The highest BCUT2D eigenvalue weighted by atomic mass is 16.5. The molecular weight excluding hydrogens is 310 g/mol. The number of carbonyl (C=O) groups excluding carboxylic acids is 1. The van der Waals surface area contributed by atoms with Gasteiger partial charge in [-0.05, 0) is 32.9 Å². The van der Waals surface area contributed by atoms with Gasteiger partial charge in [-0.3, -0.25) is 5.32 Å². The summed E-state index contributed by atoms with van der Waals surface area (Å²) in [6, 6.07) is 5.22. The first-order chi connectivity index (χ1) is 11.5. The van der Waals surface area contributed by atoms with Crippen LogP contribution in [-0.4, -0.2) is 23.9 Å². The molecule has 0 unspecified atom stereocenters. The zero-order valence-electron chi connectivity index (χ0n) is 14.0. The first-order valence-electron chi connectivity index (χ1n) is 7.98. The number of aryl methyl sites for hydroxylation is 1. The van der Waals surface area contributed by atoms with Crippen molar-refractivity contribution in [3.05, 3.63) is 35.1 Å². The zero-order valence-corrected chi connectivity index (χ0v) is 14.0. The van der Waals surface area contributed by atoms with Crippen LogP contribution in [0.4, 0.5) is 10.6 Å². The summed E-state index contributed by atoms with van der Waals surface area (Å²) in [6.45, 7) is 6.61. The third-order valence-corrected chi connectivity index (χ3v) is 3.69. The Bertz CT molecular complexity index is 741. The number of hydrogen-bond donors (Lipinski definition) is 2. The van der Waals surface area contributed by atoms with Crippen LogP contribution in [0.1, 0.15) is 30.7 Å². The van der Waals surface area contributed by atoms with Gasteiger partial charge in [-0.2, -0.15) is 0 Å². The van der Waals surface area contributed by atoms with E-state index < -0.39 is 0 Å². The average Bonchev–Trinajstić information content (AvgIpc) is 3.09. The number of amides is 2. The minimum Gasteiger partial charge on any atom is -0.494 e. The van der Waals surface area contributed by atoms with Gasteiger partial charge in [-0.15, -0.1) is 0 Å². The fourth-order valence-electron chi connectivity index (χ4n) is 2.67. The average molecular weight is 331 g/mol. The van der Waals surface area contributed by atoms with Crippen molar-refractivity contribution < 1.29 is 18.8 Å². The highest BCUT2D eigenvalue weighted by molar-refractivity contribution is 5.88. The van der Waals surface area contributed by atoms with Gasteiger partial charge in [0, 0.05) is 30.2 Å². The van der Waals surface area contributed by atoms with Crippen molar-refractivity contribution in [3.63, 3.8) is 0 Å². The molecule has 2 heterocycles. The lowest BCUT2D eigenvalue weighted by Crippen LogP contribution is -2.28. The zero-order chi connectivity index (χ0) is 17.1. The molecule has 7 heteroatoms. The van der Waals surface area contributed by atoms with Crippen LogP contribution in [0.15, 0.2) is 22.7 Å². The Hall–Kier alpha value is -2.70. The second kappa shape index (κ2) is 6.82. The molecule has 2 N–H and O–H groups in total. The van der Waals surface area contributed by atoms with E-state index in [4.69, 9.17) is 14.0 Å². The number of ether oxygens (including phenoxy) is 2. The summed E-state index contributed by atoms with van der Waals surface area (Å²) in [5, 5.41) is 9.13. The Morgan fingerprint density at radius 1 is 1.42 bits per heavy atom. The maximum atomic E-state index is 12.0. The van der Waals surface area contributed by atoms with Crippen LogP contribution in [-0.2, 0) is 13.0 Å². The summed E-state index contributed by atoms with van der Waals surface area (Å²) in [6.07, 6.45) is 1.03. The summed E-state index contributed by atoms with van der Waals surface area (Å²) >= 11 is 0. The molecular formula is C17H21N3O4. The normalized spacial score (nSPS) is 15.5. The molecule has 0 spiro atoms. The number of hydrogen-bond acceptors (Lipinski definition) is 5. The number of anilines is 1. The summed E-state index contributed by atoms with van der Waals surface area (Å²) in [5.41, 5.74) is 2.01. The van der Waals surface area contributed by atoms with Crippen molar-refractivity contribution in [2.75, 3.05) is 11.9 Å². The summed E-state index contributed by atoms with van der Waals surface area (Å²) in [4.78, 5) is 12.0. The van der Waals surface area contributed by atoms with E-state index in [1.54, 1.807) is 13.0 Å². The maximum absolute atomic E-state index is 12.0. The summed E-state index contributed by atoms with van der Waals surface area (Å²) < 4.78 is 16.4. The van der Waals surface area contributed by atoms with Crippen LogP contribution in [0.3, 0.4) is 0 Å². The molecule has 0 radical (unpaired) electrons. The number of rotatable bonds is 5. The van der Waals surface area contributed by atoms with E-state index in [-0.39, 0.29) is 12.1 Å². The molecule has 1 aliphatic rings. The van der Waals surface area contributed by atoms with Crippen molar-refractivity contribution in [2.45, 2.75) is 39.8 Å². The Balaban J connectivity index is 1.67. The second-order valence-corrected chi connectivity index (χ2v) is 5.76. The standard InChI is InChI=1S/C17H21N3O4/c1-4-22-14-7-12-5-10(2)23-15(12)8-13(14)9-18-17(21)19-16-6-11(3)24-20-16/h6-8,10H,4-5,9H2,1-3H3,(H2,18,19,20,21)/t10-/m1/s1. The predicted molar refractivity (Wildman–Crippen MR) is 88.5 cm³/mol. The van der Waals surface area contributed by atoms with Gasteiger partial charge in [0.25, 0.3) is 0 Å². The van der Waals surface area contributed by atoms with Crippen LogP contribution >= 0.6 is 0 Å². The van der Waals surface area contributed by atoms with E-state index >= 15 is 0 Å². The quantitative estimate of drug-likeness (QED) is 0.879. The number of nitrogens with one attached hydrogen (secondary N) is 2. The van der Waals surface area contributed by atoms with Gasteiger partial charge in [-0.1, -0.05) is 5.16 Å². The van der Waals surface area contributed by atoms with Gasteiger partial charge in [0.2, 0.25) is 0 Å². The Kier molecular flexibility index (Phi) is 4.59. The minimum atomic E-state index is -0.361. The van der Waals surface area contributed by atoms with E-state index in [1.165, 1.54) is 0 Å². The molecule has 128 valence electrons. The van der Waals surface area contributed by atoms with Crippen molar-refractivity contribution in [1.82, 2.24) is 10.5 Å². The lowest BCUT2D eigenvalue weighted by Gasteiger charge is -2.13. The molecule has 1 aromatic carbocycles. The molecule has 3 rings (SSSR count). The van der Waals surface area contributed by atoms with Crippen molar-refractivity contribution >= 4 is 11.8 Å². The lowest BCUT2D eigenvalue weighted by molar-refractivity contribution is 0.250.